The van der Waals surface area contributed by atoms with Gasteiger partial charge in [-0.05, 0) is 53.1 Å². The summed E-state index contributed by atoms with van der Waals surface area (Å²) < 4.78 is 13.6. The number of fused-ring (bicyclic) bond motifs is 9. The molecule has 3 atom stereocenters. The number of nitrogens with zero attached hydrogens (tertiary/aromatic N) is 3. The molecule has 4 heterocycles. The summed E-state index contributed by atoms with van der Waals surface area (Å²) in [6.45, 7) is 0. The lowest BCUT2D eigenvalue weighted by Gasteiger charge is -2.28. The molecule has 1 aliphatic carbocycles. The van der Waals surface area contributed by atoms with E-state index in [1.165, 1.54) is 11.3 Å². The smallest absolute Gasteiger partial charge is 0.159 e. The number of hydrogen-bond acceptors (Lipinski definition) is 6. The fourth-order valence-corrected chi connectivity index (χ4v) is 9.01. The molecule has 270 valence electrons. The minimum atomic E-state index is -0.400. The molecule has 7 aromatic carbocycles. The Bertz CT molecular complexity index is 3190. The molecule has 0 saturated heterocycles. The quantitative estimate of drug-likeness (QED) is 0.191. The van der Waals surface area contributed by atoms with E-state index in [0.717, 1.165) is 83.2 Å². The first kappa shape index (κ1) is 31.9. The van der Waals surface area contributed by atoms with Crippen LogP contribution in [0.15, 0.2) is 201 Å². The topological polar surface area (TPSA) is 66.3 Å². The van der Waals surface area contributed by atoms with Gasteiger partial charge in [-0.25, -0.2) is 9.98 Å². The first-order valence-electron chi connectivity index (χ1n) is 19.4. The Labute approximate surface area is 328 Å². The number of hydrogen-bond donors (Lipinski definition) is 1. The molecule has 1 N–H and O–H groups in total. The molecule has 2 aliphatic heterocycles. The van der Waals surface area contributed by atoms with Gasteiger partial charge in [-0.1, -0.05) is 146 Å². The highest BCUT2D eigenvalue weighted by Crippen LogP contribution is 2.50. The Morgan fingerprint density at radius 1 is 0.491 bits per heavy atom. The second-order valence-corrected chi connectivity index (χ2v) is 14.9. The predicted octanol–water partition coefficient (Wildman–Crippen LogP) is 12.4. The van der Waals surface area contributed by atoms with Crippen LogP contribution in [0.1, 0.15) is 34.3 Å². The molecule has 0 fully saturated rings. The van der Waals surface area contributed by atoms with Crippen molar-refractivity contribution in [2.45, 2.75) is 18.1 Å². The molecule has 0 bridgehead atoms. The van der Waals surface area contributed by atoms with Crippen LogP contribution in [-0.2, 0) is 0 Å². The molecule has 3 aliphatic rings. The molecule has 3 unspecified atom stereocenters. The van der Waals surface area contributed by atoms with E-state index >= 15 is 0 Å². The number of benzene rings is 7. The van der Waals surface area contributed by atoms with Crippen LogP contribution in [0.25, 0.3) is 55.0 Å². The predicted molar refractivity (Wildman–Crippen MR) is 232 cm³/mol. The molecule has 9 aromatic rings. The van der Waals surface area contributed by atoms with Crippen molar-refractivity contribution in [1.82, 2.24) is 5.32 Å². The number of para-hydroxylation sites is 3. The van der Waals surface area contributed by atoms with Crippen LogP contribution >= 0.6 is 0 Å². The zero-order valence-electron chi connectivity index (χ0n) is 30.7. The average molecular weight is 735 g/mol. The van der Waals surface area contributed by atoms with Crippen molar-refractivity contribution in [1.29, 1.82) is 0 Å². The van der Waals surface area contributed by atoms with Gasteiger partial charge in [-0.2, -0.15) is 0 Å². The van der Waals surface area contributed by atoms with Gasteiger partial charge in [0.25, 0.3) is 0 Å². The fourth-order valence-electron chi connectivity index (χ4n) is 9.01. The summed E-state index contributed by atoms with van der Waals surface area (Å²) >= 11 is 0. The monoisotopic (exact) mass is 734 g/mol. The molecule has 0 spiro atoms. The van der Waals surface area contributed by atoms with Gasteiger partial charge in [0, 0.05) is 49.8 Å². The third-order valence-electron chi connectivity index (χ3n) is 11.7. The molecular weight excluding hydrogens is 701 g/mol. The molecule has 12 rings (SSSR count). The number of anilines is 2. The average Bonchev–Trinajstić information content (AvgIpc) is 3.96. The highest BCUT2D eigenvalue weighted by Gasteiger charge is 2.38. The van der Waals surface area contributed by atoms with E-state index < -0.39 is 6.17 Å². The van der Waals surface area contributed by atoms with Gasteiger partial charge >= 0.3 is 0 Å². The number of aliphatic imine (C=N–C) groups is 2. The van der Waals surface area contributed by atoms with Crippen molar-refractivity contribution in [3.63, 3.8) is 0 Å². The Morgan fingerprint density at radius 2 is 1.11 bits per heavy atom. The maximum Gasteiger partial charge on any atom is 0.159 e. The van der Waals surface area contributed by atoms with Crippen molar-refractivity contribution in [3.05, 3.63) is 204 Å². The Kier molecular flexibility index (Phi) is 7.01. The Morgan fingerprint density at radius 3 is 1.88 bits per heavy atom. The second kappa shape index (κ2) is 12.5. The lowest BCUT2D eigenvalue weighted by molar-refractivity contribution is 0.628. The van der Waals surface area contributed by atoms with Crippen LogP contribution < -0.4 is 10.2 Å². The van der Waals surface area contributed by atoms with E-state index in [2.05, 4.69) is 144 Å². The van der Waals surface area contributed by atoms with E-state index in [4.69, 9.17) is 18.8 Å². The zero-order valence-corrected chi connectivity index (χ0v) is 30.7. The van der Waals surface area contributed by atoms with Crippen molar-refractivity contribution in [2.24, 2.45) is 9.98 Å². The number of rotatable bonds is 5. The van der Waals surface area contributed by atoms with Crippen LogP contribution in [0.4, 0.5) is 11.4 Å². The third-order valence-corrected chi connectivity index (χ3v) is 11.7. The van der Waals surface area contributed by atoms with E-state index in [1.807, 2.05) is 48.5 Å². The van der Waals surface area contributed by atoms with E-state index in [0.29, 0.717) is 11.8 Å². The van der Waals surface area contributed by atoms with Gasteiger partial charge in [-0.3, -0.25) is 0 Å². The lowest BCUT2D eigenvalue weighted by atomic mass is 9.91. The summed E-state index contributed by atoms with van der Waals surface area (Å²) in [4.78, 5) is 12.5. The zero-order chi connectivity index (χ0) is 37.5. The minimum Gasteiger partial charge on any atom is -0.456 e. The van der Waals surface area contributed by atoms with E-state index in [1.54, 1.807) is 0 Å². The van der Waals surface area contributed by atoms with Crippen molar-refractivity contribution in [3.8, 4) is 11.1 Å². The molecule has 2 aromatic heterocycles. The summed E-state index contributed by atoms with van der Waals surface area (Å²) in [5.74, 6) is 1.76. The largest absolute Gasteiger partial charge is 0.456 e. The molecule has 57 heavy (non-hydrogen) atoms. The van der Waals surface area contributed by atoms with Crippen LogP contribution in [0, 0.1) is 0 Å². The van der Waals surface area contributed by atoms with Crippen molar-refractivity contribution in [2.75, 3.05) is 4.90 Å². The van der Waals surface area contributed by atoms with Crippen molar-refractivity contribution < 1.29 is 8.83 Å². The second-order valence-electron chi connectivity index (χ2n) is 14.9. The maximum absolute atomic E-state index is 6.82. The fraction of sp³-hybridized carbons (Fsp3) is 0.0588. The molecule has 0 radical (unpaired) electrons. The van der Waals surface area contributed by atoms with Gasteiger partial charge < -0.3 is 19.1 Å². The number of allylic oxidation sites excluding steroid dienone is 2. The molecule has 6 heteroatoms. The SMILES string of the molecule is C1=CC2c3ccccc3N(c3cccc4c3oc3cc(-c5ccc6c(c5)oc5c(C7N=C(c8ccccc8)N=C(c8ccccc8)N7)cccc56)ccc34)C2C=C1. The third kappa shape index (κ3) is 5.04. The van der Waals surface area contributed by atoms with Crippen LogP contribution in [0.2, 0.25) is 0 Å². The summed E-state index contributed by atoms with van der Waals surface area (Å²) in [5.41, 5.74) is 12.1. The molecular formula is C51H34N4O2. The van der Waals surface area contributed by atoms with E-state index in [-0.39, 0.29) is 6.04 Å². The van der Waals surface area contributed by atoms with Crippen molar-refractivity contribution >= 4 is 66.9 Å². The number of nitrogens with one attached hydrogen (secondary N) is 1. The summed E-state index contributed by atoms with van der Waals surface area (Å²) in [6.07, 6.45) is 8.53. The highest BCUT2D eigenvalue weighted by molar-refractivity contribution is 6.14. The molecule has 6 nitrogen and oxygen atoms in total. The molecule has 0 saturated carbocycles. The number of amidine groups is 2. The summed E-state index contributed by atoms with van der Waals surface area (Å²) in [6, 6.07) is 55.1. The van der Waals surface area contributed by atoms with E-state index in [9.17, 15) is 0 Å². The normalized spacial score (nSPS) is 18.5. The van der Waals surface area contributed by atoms with Crippen LogP contribution in [-0.4, -0.2) is 17.7 Å². The van der Waals surface area contributed by atoms with Gasteiger partial charge in [0.2, 0.25) is 0 Å². The molecule has 0 amide bonds. The van der Waals surface area contributed by atoms with Crippen LogP contribution in [0.5, 0.6) is 0 Å². The summed E-state index contributed by atoms with van der Waals surface area (Å²) in [7, 11) is 0. The first-order valence-corrected chi connectivity index (χ1v) is 19.4. The minimum absolute atomic E-state index is 0.198. The van der Waals surface area contributed by atoms with Gasteiger partial charge in [0.1, 0.15) is 22.6 Å². The lowest BCUT2D eigenvalue weighted by Crippen LogP contribution is -2.33. The van der Waals surface area contributed by atoms with Gasteiger partial charge in [-0.15, -0.1) is 0 Å². The number of furan rings is 2. The van der Waals surface area contributed by atoms with Gasteiger partial charge in [0.15, 0.2) is 17.6 Å². The highest BCUT2D eigenvalue weighted by atomic mass is 16.3. The first-order chi connectivity index (χ1) is 28.2. The Hall–Kier alpha value is -7.44. The maximum atomic E-state index is 6.82. The Balaban J connectivity index is 0.932. The standard InChI is InChI=1S/C51H34N4O2/c1-3-13-31(14-4-1)49-52-50(32-15-5-2-6-16-32)54-51(53-49)41-21-11-19-39-37-27-25-33(29-45(37)56-47(39)41)34-26-28-38-40-20-12-24-44(48(40)57-46(38)30-34)55-42-22-9-7-17-35(42)36-18-8-10-23-43(36)55/h1-30,35,42,51H,(H,52,53,54). The summed E-state index contributed by atoms with van der Waals surface area (Å²) in [5, 5.41) is 7.92. The van der Waals surface area contributed by atoms with Gasteiger partial charge in [0.05, 0.1) is 11.7 Å². The van der Waals surface area contributed by atoms with Crippen LogP contribution in [0.3, 0.4) is 0 Å².